The molecule has 1 aliphatic heterocycles. The van der Waals surface area contributed by atoms with Gasteiger partial charge in [-0.3, -0.25) is 4.90 Å². The lowest BCUT2D eigenvalue weighted by molar-refractivity contribution is 0.218. The van der Waals surface area contributed by atoms with E-state index in [4.69, 9.17) is 9.94 Å². The number of aryl methyl sites for hydroxylation is 1. The summed E-state index contributed by atoms with van der Waals surface area (Å²) < 4.78 is 5.45. The van der Waals surface area contributed by atoms with Crippen LogP contribution in [0, 0.1) is 12.8 Å². The van der Waals surface area contributed by atoms with Gasteiger partial charge in [0.25, 0.3) is 0 Å². The molecule has 1 N–H and O–H groups in total. The van der Waals surface area contributed by atoms with Crippen LogP contribution in [-0.4, -0.2) is 36.0 Å². The van der Waals surface area contributed by atoms with Gasteiger partial charge in [0.15, 0.2) is 0 Å². The quantitative estimate of drug-likeness (QED) is 0.679. The zero-order valence-corrected chi connectivity index (χ0v) is 12.6. The molecule has 0 aliphatic carbocycles. The van der Waals surface area contributed by atoms with Gasteiger partial charge in [-0.15, -0.1) is 0 Å². The maximum Gasteiger partial charge on any atom is 0.123 e. The van der Waals surface area contributed by atoms with Crippen molar-refractivity contribution in [2.24, 2.45) is 11.1 Å². The lowest BCUT2D eigenvalue weighted by Crippen LogP contribution is -2.40. The molecule has 110 valence electrons. The molecule has 1 fully saturated rings. The van der Waals surface area contributed by atoms with E-state index in [1.165, 1.54) is 11.1 Å². The van der Waals surface area contributed by atoms with Crippen LogP contribution in [0.3, 0.4) is 0 Å². The van der Waals surface area contributed by atoms with Crippen LogP contribution in [0.1, 0.15) is 30.9 Å². The molecule has 4 nitrogen and oxygen atoms in total. The van der Waals surface area contributed by atoms with E-state index in [-0.39, 0.29) is 0 Å². The molecule has 1 unspecified atom stereocenters. The van der Waals surface area contributed by atoms with Crippen LogP contribution in [0.5, 0.6) is 5.75 Å². The van der Waals surface area contributed by atoms with Gasteiger partial charge in [0, 0.05) is 37.5 Å². The Morgan fingerprint density at radius 2 is 2.25 bits per heavy atom. The lowest BCUT2D eigenvalue weighted by atomic mass is 9.93. The second-order valence-electron chi connectivity index (χ2n) is 5.50. The Hall–Kier alpha value is -1.55. The molecule has 0 aromatic heterocycles. The van der Waals surface area contributed by atoms with Crippen LogP contribution in [0.4, 0.5) is 0 Å². The Balaban J connectivity index is 2.09. The Labute approximate surface area is 121 Å². The van der Waals surface area contributed by atoms with E-state index in [1.54, 1.807) is 7.11 Å². The first-order chi connectivity index (χ1) is 9.67. The predicted octanol–water partition coefficient (Wildman–Crippen LogP) is 3.07. The molecule has 1 aromatic rings. The minimum atomic E-state index is 0.365. The molecular weight excluding hydrogens is 252 g/mol. The van der Waals surface area contributed by atoms with Gasteiger partial charge in [-0.25, -0.2) is 0 Å². The number of methoxy groups -OCH3 is 1. The van der Waals surface area contributed by atoms with Crippen molar-refractivity contribution in [1.29, 1.82) is 0 Å². The summed E-state index contributed by atoms with van der Waals surface area (Å²) in [4.78, 5) is 2.42. The Morgan fingerprint density at radius 3 is 2.90 bits per heavy atom. The first kappa shape index (κ1) is 14.9. The third-order valence-electron chi connectivity index (χ3n) is 4.09. The number of piperidine rings is 1. The second-order valence-corrected chi connectivity index (χ2v) is 5.50. The summed E-state index contributed by atoms with van der Waals surface area (Å²) in [5, 5.41) is 12.5. The summed E-state index contributed by atoms with van der Waals surface area (Å²) in [6, 6.07) is 6.30. The minimum absolute atomic E-state index is 0.365. The number of likely N-dealkylation sites (tertiary alicyclic amines) is 1. The van der Waals surface area contributed by atoms with Crippen LogP contribution < -0.4 is 4.74 Å². The van der Waals surface area contributed by atoms with E-state index in [1.807, 2.05) is 6.07 Å². The molecule has 1 aliphatic rings. The molecule has 1 aromatic carbocycles. The van der Waals surface area contributed by atoms with Gasteiger partial charge in [-0.05, 0) is 19.4 Å². The van der Waals surface area contributed by atoms with Crippen molar-refractivity contribution in [2.75, 3.05) is 20.2 Å². The SMILES string of the molecule is CCC1CN(Cc2cc(C)ccc2OC)CC/C1=N\O. The highest BCUT2D eigenvalue weighted by Gasteiger charge is 2.25. The number of hydrogen-bond donors (Lipinski definition) is 1. The summed E-state index contributed by atoms with van der Waals surface area (Å²) in [6.45, 7) is 7.02. The molecule has 0 saturated carbocycles. The summed E-state index contributed by atoms with van der Waals surface area (Å²) in [6.07, 6.45) is 1.87. The van der Waals surface area contributed by atoms with Gasteiger partial charge in [0.2, 0.25) is 0 Å². The molecule has 0 bridgehead atoms. The summed E-state index contributed by atoms with van der Waals surface area (Å²) >= 11 is 0. The normalized spacial score (nSPS) is 22.1. The fourth-order valence-corrected chi connectivity index (χ4v) is 2.90. The van der Waals surface area contributed by atoms with Crippen molar-refractivity contribution in [3.8, 4) is 5.75 Å². The van der Waals surface area contributed by atoms with Crippen molar-refractivity contribution in [3.63, 3.8) is 0 Å². The maximum atomic E-state index is 9.04. The van der Waals surface area contributed by atoms with Crippen LogP contribution in [0.25, 0.3) is 0 Å². The molecule has 0 amide bonds. The largest absolute Gasteiger partial charge is 0.496 e. The average Bonchev–Trinajstić information content (AvgIpc) is 2.47. The van der Waals surface area contributed by atoms with Crippen LogP contribution in [0.15, 0.2) is 23.4 Å². The molecule has 20 heavy (non-hydrogen) atoms. The Kier molecular flexibility index (Phi) is 5.01. The van der Waals surface area contributed by atoms with Gasteiger partial charge >= 0.3 is 0 Å². The topological polar surface area (TPSA) is 45.1 Å². The fourth-order valence-electron chi connectivity index (χ4n) is 2.90. The zero-order chi connectivity index (χ0) is 14.5. The van der Waals surface area contributed by atoms with Gasteiger partial charge in [-0.1, -0.05) is 29.8 Å². The second kappa shape index (κ2) is 6.75. The van der Waals surface area contributed by atoms with Crippen molar-refractivity contribution >= 4 is 5.71 Å². The van der Waals surface area contributed by atoms with Crippen molar-refractivity contribution in [3.05, 3.63) is 29.3 Å². The minimum Gasteiger partial charge on any atom is -0.496 e. The summed E-state index contributed by atoms with van der Waals surface area (Å²) in [5.74, 6) is 1.31. The van der Waals surface area contributed by atoms with Crippen molar-refractivity contribution in [2.45, 2.75) is 33.2 Å². The predicted molar refractivity (Wildman–Crippen MR) is 80.6 cm³/mol. The van der Waals surface area contributed by atoms with Gasteiger partial charge in [-0.2, -0.15) is 0 Å². The molecule has 2 rings (SSSR count). The summed E-state index contributed by atoms with van der Waals surface area (Å²) in [5.41, 5.74) is 3.43. The number of hydrogen-bond acceptors (Lipinski definition) is 4. The van der Waals surface area contributed by atoms with Gasteiger partial charge in [0.1, 0.15) is 5.75 Å². The first-order valence-electron chi connectivity index (χ1n) is 7.24. The molecule has 1 heterocycles. The van der Waals surface area contributed by atoms with Gasteiger partial charge < -0.3 is 9.94 Å². The van der Waals surface area contributed by atoms with E-state index in [0.717, 1.165) is 43.9 Å². The van der Waals surface area contributed by atoms with Crippen LogP contribution >= 0.6 is 0 Å². The smallest absolute Gasteiger partial charge is 0.123 e. The highest BCUT2D eigenvalue weighted by molar-refractivity contribution is 5.87. The third kappa shape index (κ3) is 3.31. The molecular formula is C16H24N2O2. The lowest BCUT2D eigenvalue weighted by Gasteiger charge is -2.33. The van der Waals surface area contributed by atoms with E-state index in [2.05, 4.69) is 36.0 Å². The Morgan fingerprint density at radius 1 is 1.45 bits per heavy atom. The Bertz CT molecular complexity index is 485. The summed E-state index contributed by atoms with van der Waals surface area (Å²) in [7, 11) is 1.72. The first-order valence-corrected chi connectivity index (χ1v) is 7.24. The maximum absolute atomic E-state index is 9.04. The number of rotatable bonds is 4. The number of oxime groups is 1. The molecule has 0 spiro atoms. The average molecular weight is 276 g/mol. The van der Waals surface area contributed by atoms with E-state index >= 15 is 0 Å². The number of nitrogens with zero attached hydrogens (tertiary/aromatic N) is 2. The van der Waals surface area contributed by atoms with Crippen molar-refractivity contribution < 1.29 is 9.94 Å². The number of ether oxygens (including phenoxy) is 1. The highest BCUT2D eigenvalue weighted by atomic mass is 16.5. The van der Waals surface area contributed by atoms with Crippen LogP contribution in [0.2, 0.25) is 0 Å². The standard InChI is InChI=1S/C16H24N2O2/c1-4-13-10-18(8-7-15(13)17-19)11-14-9-12(2)5-6-16(14)20-3/h5-6,9,13,19H,4,7-8,10-11H2,1-3H3/b17-15+. The highest BCUT2D eigenvalue weighted by Crippen LogP contribution is 2.24. The van der Waals surface area contributed by atoms with Gasteiger partial charge in [0.05, 0.1) is 12.8 Å². The monoisotopic (exact) mass is 276 g/mol. The fraction of sp³-hybridized carbons (Fsp3) is 0.562. The third-order valence-corrected chi connectivity index (χ3v) is 4.09. The number of benzene rings is 1. The van der Waals surface area contributed by atoms with Crippen molar-refractivity contribution in [1.82, 2.24) is 4.90 Å². The van der Waals surface area contributed by atoms with Crippen LogP contribution in [-0.2, 0) is 6.54 Å². The molecule has 4 heteroatoms. The van der Waals surface area contributed by atoms with E-state index in [0.29, 0.717) is 5.92 Å². The van der Waals surface area contributed by atoms with E-state index in [9.17, 15) is 0 Å². The van der Waals surface area contributed by atoms with E-state index < -0.39 is 0 Å². The molecule has 0 radical (unpaired) electrons. The zero-order valence-electron chi connectivity index (χ0n) is 12.6. The molecule has 1 saturated heterocycles. The molecule has 1 atom stereocenters.